The third-order valence-corrected chi connectivity index (χ3v) is 6.08. The van der Waals surface area contributed by atoms with E-state index in [2.05, 4.69) is 40.8 Å². The molecule has 2 N–H and O–H groups in total. The first-order valence-corrected chi connectivity index (χ1v) is 13.2. The summed E-state index contributed by atoms with van der Waals surface area (Å²) in [5, 5.41) is 0. The van der Waals surface area contributed by atoms with Crippen LogP contribution in [0.5, 0.6) is 29.1 Å². The second-order valence-electron chi connectivity index (χ2n) is 8.37. The number of carbonyl (C=O) groups is 1. The lowest BCUT2D eigenvalue weighted by Crippen LogP contribution is -2.37. The number of ether oxygens (including phenoxy) is 5. The molecule has 0 atom stereocenters. The zero-order chi connectivity index (χ0) is 28.6. The van der Waals surface area contributed by atoms with Gasteiger partial charge in [-0.1, -0.05) is 12.1 Å². The van der Waals surface area contributed by atoms with Crippen molar-refractivity contribution < 1.29 is 28.5 Å². The molecule has 0 unspecified atom stereocenters. The number of rotatable bonds is 11. The highest BCUT2D eigenvalue weighted by Gasteiger charge is 2.26. The van der Waals surface area contributed by atoms with Gasteiger partial charge in [-0.2, -0.15) is 4.98 Å². The normalized spacial score (nSPS) is 13.0. The molecule has 5 rings (SSSR count). The average Bonchev–Trinajstić information content (AvgIpc) is 3.01. The number of benzene rings is 1. The first-order chi connectivity index (χ1) is 20.0. The molecule has 4 heterocycles. The van der Waals surface area contributed by atoms with Crippen LogP contribution in [0.25, 0.3) is 11.5 Å². The molecular weight excluding hydrogens is 600 g/mol. The van der Waals surface area contributed by atoms with Gasteiger partial charge >= 0.3 is 6.01 Å². The monoisotopic (exact) mass is 624 g/mol. The number of aromatic nitrogens is 6. The Hall–Kier alpha value is -4.63. The topological polar surface area (TPSA) is 170 Å². The molecular formula is C26H25BrN8O6. The molecule has 212 valence electrons. The lowest BCUT2D eigenvalue weighted by Gasteiger charge is -2.27. The highest BCUT2D eigenvalue weighted by atomic mass is 79.9. The summed E-state index contributed by atoms with van der Waals surface area (Å²) in [6.45, 7) is 2.28. The minimum Gasteiger partial charge on any atom is -0.493 e. The second kappa shape index (κ2) is 13.1. The summed E-state index contributed by atoms with van der Waals surface area (Å²) in [6, 6.07) is 8.66. The molecule has 15 heteroatoms. The number of nitrogens with two attached hydrogens (primary N) is 1. The Bertz CT molecular complexity index is 1500. The molecule has 14 nitrogen and oxygen atoms in total. The van der Waals surface area contributed by atoms with Gasteiger partial charge in [0, 0.05) is 31.7 Å². The summed E-state index contributed by atoms with van der Waals surface area (Å²) in [6.07, 6.45) is 4.57. The Kier molecular flexibility index (Phi) is 8.95. The largest absolute Gasteiger partial charge is 0.493 e. The van der Waals surface area contributed by atoms with Crippen molar-refractivity contribution in [3.63, 3.8) is 0 Å². The van der Waals surface area contributed by atoms with Gasteiger partial charge in [0.25, 0.3) is 11.8 Å². The summed E-state index contributed by atoms with van der Waals surface area (Å²) in [4.78, 5) is 40.1. The van der Waals surface area contributed by atoms with Crippen LogP contribution in [0.4, 0.5) is 5.95 Å². The van der Waals surface area contributed by atoms with Crippen LogP contribution in [0.1, 0.15) is 10.5 Å². The van der Waals surface area contributed by atoms with Crippen LogP contribution in [0.3, 0.4) is 0 Å². The lowest BCUT2D eigenvalue weighted by molar-refractivity contribution is 0.0995. The molecule has 0 spiro atoms. The molecule has 3 aromatic heterocycles. The Morgan fingerprint density at radius 1 is 1.00 bits per heavy atom. The van der Waals surface area contributed by atoms with E-state index in [9.17, 15) is 4.79 Å². The van der Waals surface area contributed by atoms with Gasteiger partial charge in [0.1, 0.15) is 18.9 Å². The van der Waals surface area contributed by atoms with Gasteiger partial charge in [0.2, 0.25) is 11.7 Å². The van der Waals surface area contributed by atoms with Gasteiger partial charge in [0.15, 0.2) is 23.0 Å². The Morgan fingerprint density at radius 2 is 1.73 bits per heavy atom. The molecule has 0 radical (unpaired) electrons. The van der Waals surface area contributed by atoms with E-state index in [-0.39, 0.29) is 48.1 Å². The Morgan fingerprint density at radius 3 is 2.46 bits per heavy atom. The summed E-state index contributed by atoms with van der Waals surface area (Å²) >= 11 is 3.29. The number of primary amides is 1. The van der Waals surface area contributed by atoms with Crippen LogP contribution < -0.4 is 29.6 Å². The second-order valence-corrected chi connectivity index (χ2v) is 9.29. The fraction of sp³-hybridized carbons (Fsp3) is 0.269. The van der Waals surface area contributed by atoms with Crippen molar-refractivity contribution in [2.75, 3.05) is 51.5 Å². The minimum atomic E-state index is -0.716. The van der Waals surface area contributed by atoms with E-state index in [1.807, 2.05) is 11.0 Å². The number of nitrogens with zero attached hydrogens (tertiary/aromatic N) is 7. The van der Waals surface area contributed by atoms with Crippen molar-refractivity contribution in [3.8, 4) is 40.7 Å². The first-order valence-electron chi connectivity index (χ1n) is 12.4. The maximum atomic E-state index is 11.9. The third-order valence-electron chi connectivity index (χ3n) is 5.67. The van der Waals surface area contributed by atoms with E-state index in [1.54, 1.807) is 30.6 Å². The van der Waals surface area contributed by atoms with Crippen molar-refractivity contribution in [1.82, 2.24) is 29.9 Å². The third kappa shape index (κ3) is 6.93. The minimum absolute atomic E-state index is 0.00939. The number of para-hydroxylation sites is 2. The van der Waals surface area contributed by atoms with Gasteiger partial charge in [-0.25, -0.2) is 24.9 Å². The van der Waals surface area contributed by atoms with Crippen molar-refractivity contribution in [2.45, 2.75) is 0 Å². The molecule has 1 aliphatic heterocycles. The van der Waals surface area contributed by atoms with E-state index >= 15 is 0 Å². The molecule has 1 aliphatic rings. The van der Waals surface area contributed by atoms with Crippen LogP contribution >= 0.6 is 15.9 Å². The van der Waals surface area contributed by atoms with Crippen LogP contribution in [0.15, 0.2) is 53.4 Å². The summed E-state index contributed by atoms with van der Waals surface area (Å²) in [7, 11) is 1.53. The van der Waals surface area contributed by atoms with Crippen LogP contribution in [-0.4, -0.2) is 82.4 Å². The maximum Gasteiger partial charge on any atom is 0.316 e. The fourth-order valence-electron chi connectivity index (χ4n) is 3.73. The molecule has 1 amide bonds. The zero-order valence-corrected chi connectivity index (χ0v) is 23.5. The van der Waals surface area contributed by atoms with Gasteiger partial charge in [0.05, 0.1) is 24.8 Å². The van der Waals surface area contributed by atoms with Gasteiger partial charge in [-0.15, -0.1) is 0 Å². The zero-order valence-electron chi connectivity index (χ0n) is 21.9. The quantitative estimate of drug-likeness (QED) is 0.242. The lowest BCUT2D eigenvalue weighted by atomic mass is 10.3. The predicted octanol–water partition coefficient (Wildman–Crippen LogP) is 2.68. The first kappa shape index (κ1) is 27.9. The van der Waals surface area contributed by atoms with Gasteiger partial charge < -0.3 is 34.3 Å². The predicted molar refractivity (Wildman–Crippen MR) is 148 cm³/mol. The maximum absolute atomic E-state index is 11.9. The number of halogens is 1. The molecule has 1 saturated heterocycles. The van der Waals surface area contributed by atoms with Crippen LogP contribution in [-0.2, 0) is 4.74 Å². The molecule has 0 aliphatic carbocycles. The Balaban J connectivity index is 1.55. The van der Waals surface area contributed by atoms with E-state index in [1.165, 1.54) is 19.4 Å². The number of hydrogen-bond donors (Lipinski definition) is 1. The van der Waals surface area contributed by atoms with Crippen molar-refractivity contribution in [3.05, 3.63) is 59.1 Å². The summed E-state index contributed by atoms with van der Waals surface area (Å²) < 4.78 is 29.7. The molecule has 41 heavy (non-hydrogen) atoms. The highest BCUT2D eigenvalue weighted by molar-refractivity contribution is 9.10. The highest BCUT2D eigenvalue weighted by Crippen LogP contribution is 2.41. The van der Waals surface area contributed by atoms with Gasteiger partial charge in [-0.3, -0.25) is 4.79 Å². The number of anilines is 1. The number of hydrogen-bond acceptors (Lipinski definition) is 13. The molecule has 1 fully saturated rings. The summed E-state index contributed by atoms with van der Waals surface area (Å²) in [5.41, 5.74) is 5.68. The van der Waals surface area contributed by atoms with E-state index in [0.29, 0.717) is 43.8 Å². The molecule has 4 aromatic rings. The molecule has 0 bridgehead atoms. The number of morpholine rings is 1. The molecule has 0 saturated carbocycles. The van der Waals surface area contributed by atoms with Crippen molar-refractivity contribution >= 4 is 27.8 Å². The van der Waals surface area contributed by atoms with Crippen LogP contribution in [0.2, 0.25) is 0 Å². The average molecular weight is 625 g/mol. The number of methoxy groups -OCH3 is 1. The standard InChI is InChI=1S/C26H25BrN8O6/c1-37-18-4-2-3-5-19(18)41-21-20(23-29-7-6-17(32-23)22(28)36)33-25(35-8-10-38-11-9-35)34-24(21)39-12-13-40-26-30-14-16(27)15-31-26/h2-7,14-15H,8-13H2,1H3,(H2,28,36). The number of carbonyl (C=O) groups excluding carboxylic acids is 1. The number of amides is 1. The van der Waals surface area contributed by atoms with Gasteiger partial charge in [-0.05, 0) is 34.1 Å². The van der Waals surface area contributed by atoms with E-state index in [4.69, 9.17) is 34.4 Å². The Labute approximate surface area is 243 Å². The fourth-order valence-corrected chi connectivity index (χ4v) is 3.94. The SMILES string of the molecule is COc1ccccc1Oc1c(OCCOc2ncc(Br)cn2)nc(N2CCOCC2)nc1-c1nccc(C(N)=O)n1. The van der Waals surface area contributed by atoms with Crippen molar-refractivity contribution in [1.29, 1.82) is 0 Å². The van der Waals surface area contributed by atoms with E-state index in [0.717, 1.165) is 4.47 Å². The van der Waals surface area contributed by atoms with Crippen LogP contribution in [0, 0.1) is 0 Å². The summed E-state index contributed by atoms with van der Waals surface area (Å²) in [5.74, 6) is 0.748. The van der Waals surface area contributed by atoms with Crippen molar-refractivity contribution in [2.24, 2.45) is 5.73 Å². The molecule has 1 aromatic carbocycles. The smallest absolute Gasteiger partial charge is 0.316 e. The van der Waals surface area contributed by atoms with E-state index < -0.39 is 5.91 Å².